The molecule has 0 aliphatic heterocycles. The SMILES string of the molecule is Cc1ccc(Cl)c(OCc2cc(CNC3CC3)c(C)o2)c1. The van der Waals surface area contributed by atoms with E-state index in [4.69, 9.17) is 20.8 Å². The lowest BCUT2D eigenvalue weighted by Gasteiger charge is -2.07. The molecule has 1 saturated carbocycles. The van der Waals surface area contributed by atoms with Gasteiger partial charge in [0, 0.05) is 18.2 Å². The molecule has 1 aromatic heterocycles. The summed E-state index contributed by atoms with van der Waals surface area (Å²) >= 11 is 6.12. The van der Waals surface area contributed by atoms with E-state index in [1.165, 1.54) is 18.4 Å². The third-order valence-corrected chi connectivity index (χ3v) is 4.00. The second-order valence-electron chi connectivity index (χ2n) is 5.67. The third kappa shape index (κ3) is 3.80. The Morgan fingerprint density at radius 2 is 2.10 bits per heavy atom. The predicted octanol–water partition coefficient (Wildman–Crippen LogP) is 4.38. The summed E-state index contributed by atoms with van der Waals surface area (Å²) in [6.45, 7) is 5.27. The molecule has 112 valence electrons. The van der Waals surface area contributed by atoms with E-state index in [9.17, 15) is 0 Å². The maximum absolute atomic E-state index is 6.12. The molecule has 21 heavy (non-hydrogen) atoms. The topological polar surface area (TPSA) is 34.4 Å². The van der Waals surface area contributed by atoms with Crippen LogP contribution in [0.25, 0.3) is 0 Å². The zero-order chi connectivity index (χ0) is 14.8. The van der Waals surface area contributed by atoms with E-state index >= 15 is 0 Å². The van der Waals surface area contributed by atoms with Crippen molar-refractivity contribution in [2.24, 2.45) is 0 Å². The quantitative estimate of drug-likeness (QED) is 0.860. The molecule has 1 aromatic carbocycles. The Morgan fingerprint density at radius 3 is 2.86 bits per heavy atom. The van der Waals surface area contributed by atoms with Crippen LogP contribution in [0.5, 0.6) is 5.75 Å². The average molecular weight is 306 g/mol. The highest BCUT2D eigenvalue weighted by molar-refractivity contribution is 6.32. The summed E-state index contributed by atoms with van der Waals surface area (Å²) in [6.07, 6.45) is 2.58. The van der Waals surface area contributed by atoms with Gasteiger partial charge in [-0.15, -0.1) is 0 Å². The standard InChI is InChI=1S/C17H20ClNO2/c1-11-3-6-16(18)17(7-11)20-10-15-8-13(12(2)21-15)9-19-14-4-5-14/h3,6-8,14,19H,4-5,9-10H2,1-2H3. The van der Waals surface area contributed by atoms with Crippen molar-refractivity contribution in [2.75, 3.05) is 0 Å². The third-order valence-electron chi connectivity index (χ3n) is 3.69. The predicted molar refractivity (Wildman–Crippen MR) is 83.8 cm³/mol. The monoisotopic (exact) mass is 305 g/mol. The van der Waals surface area contributed by atoms with Crippen molar-refractivity contribution in [3.63, 3.8) is 0 Å². The first-order chi connectivity index (χ1) is 10.1. The largest absolute Gasteiger partial charge is 0.484 e. The minimum absolute atomic E-state index is 0.396. The Morgan fingerprint density at radius 1 is 1.29 bits per heavy atom. The summed E-state index contributed by atoms with van der Waals surface area (Å²) in [5.74, 6) is 2.48. The number of benzene rings is 1. The van der Waals surface area contributed by atoms with Crippen LogP contribution in [0, 0.1) is 13.8 Å². The van der Waals surface area contributed by atoms with Gasteiger partial charge in [-0.2, -0.15) is 0 Å². The van der Waals surface area contributed by atoms with Crippen LogP contribution in [-0.2, 0) is 13.2 Å². The molecule has 0 bridgehead atoms. The second kappa shape index (κ2) is 6.12. The maximum Gasteiger partial charge on any atom is 0.146 e. The molecule has 2 aromatic rings. The highest BCUT2D eigenvalue weighted by Crippen LogP contribution is 2.27. The van der Waals surface area contributed by atoms with Gasteiger partial charge in [-0.1, -0.05) is 17.7 Å². The summed E-state index contributed by atoms with van der Waals surface area (Å²) in [4.78, 5) is 0. The van der Waals surface area contributed by atoms with Crippen LogP contribution in [-0.4, -0.2) is 6.04 Å². The van der Waals surface area contributed by atoms with E-state index in [-0.39, 0.29) is 0 Å². The fraction of sp³-hybridized carbons (Fsp3) is 0.412. The highest BCUT2D eigenvalue weighted by atomic mass is 35.5. The van der Waals surface area contributed by atoms with E-state index in [0.29, 0.717) is 23.4 Å². The van der Waals surface area contributed by atoms with E-state index in [1.807, 2.05) is 32.0 Å². The van der Waals surface area contributed by atoms with Crippen LogP contribution in [0.3, 0.4) is 0 Å². The molecule has 1 fully saturated rings. The first-order valence-corrected chi connectivity index (χ1v) is 7.70. The Bertz CT molecular complexity index is 632. The fourth-order valence-electron chi connectivity index (χ4n) is 2.25. The maximum atomic E-state index is 6.12. The number of rotatable bonds is 6. The second-order valence-corrected chi connectivity index (χ2v) is 6.08. The van der Waals surface area contributed by atoms with Crippen LogP contribution < -0.4 is 10.1 Å². The molecule has 1 aliphatic rings. The number of halogens is 1. The van der Waals surface area contributed by atoms with Crippen LogP contribution in [0.1, 0.15) is 35.5 Å². The van der Waals surface area contributed by atoms with E-state index in [0.717, 1.165) is 23.6 Å². The van der Waals surface area contributed by atoms with Gasteiger partial charge in [-0.3, -0.25) is 0 Å². The zero-order valence-electron chi connectivity index (χ0n) is 12.4. The van der Waals surface area contributed by atoms with Crippen LogP contribution in [0.2, 0.25) is 5.02 Å². The zero-order valence-corrected chi connectivity index (χ0v) is 13.2. The fourth-order valence-corrected chi connectivity index (χ4v) is 2.42. The summed E-state index contributed by atoms with van der Waals surface area (Å²) in [7, 11) is 0. The number of furan rings is 1. The van der Waals surface area contributed by atoms with E-state index in [2.05, 4.69) is 11.4 Å². The summed E-state index contributed by atoms with van der Waals surface area (Å²) in [6, 6.07) is 8.52. The molecule has 0 atom stereocenters. The van der Waals surface area contributed by atoms with Crippen LogP contribution in [0.15, 0.2) is 28.7 Å². The minimum atomic E-state index is 0.396. The molecule has 0 unspecified atom stereocenters. The summed E-state index contributed by atoms with van der Waals surface area (Å²) in [5.41, 5.74) is 2.33. The van der Waals surface area contributed by atoms with Crippen LogP contribution >= 0.6 is 11.6 Å². The van der Waals surface area contributed by atoms with Crippen molar-refractivity contribution in [2.45, 2.75) is 45.9 Å². The van der Waals surface area contributed by atoms with Crippen molar-refractivity contribution < 1.29 is 9.15 Å². The Labute approximate surface area is 130 Å². The molecule has 1 heterocycles. The lowest BCUT2D eigenvalue weighted by atomic mass is 10.2. The molecule has 0 amide bonds. The summed E-state index contributed by atoms with van der Waals surface area (Å²) in [5, 5.41) is 4.12. The molecular formula is C17H20ClNO2. The first-order valence-electron chi connectivity index (χ1n) is 7.32. The number of aryl methyl sites for hydroxylation is 2. The van der Waals surface area contributed by atoms with Crippen molar-refractivity contribution in [1.29, 1.82) is 0 Å². The van der Waals surface area contributed by atoms with Crippen LogP contribution in [0.4, 0.5) is 0 Å². The first kappa shape index (κ1) is 14.5. The van der Waals surface area contributed by atoms with Gasteiger partial charge in [-0.05, 0) is 50.5 Å². The average Bonchev–Trinajstić information content (AvgIpc) is 3.21. The Hall–Kier alpha value is -1.45. The van der Waals surface area contributed by atoms with Gasteiger partial charge < -0.3 is 14.5 Å². The van der Waals surface area contributed by atoms with E-state index in [1.54, 1.807) is 0 Å². The van der Waals surface area contributed by atoms with Gasteiger partial charge in [0.15, 0.2) is 0 Å². The molecule has 3 nitrogen and oxygen atoms in total. The number of hydrogen-bond donors (Lipinski definition) is 1. The summed E-state index contributed by atoms with van der Waals surface area (Å²) < 4.78 is 11.5. The number of ether oxygens (including phenoxy) is 1. The molecular weight excluding hydrogens is 286 g/mol. The highest BCUT2D eigenvalue weighted by Gasteiger charge is 2.21. The van der Waals surface area contributed by atoms with Gasteiger partial charge >= 0.3 is 0 Å². The molecule has 1 N–H and O–H groups in total. The van der Waals surface area contributed by atoms with Gasteiger partial charge in [0.25, 0.3) is 0 Å². The number of nitrogens with one attached hydrogen (secondary N) is 1. The Kier molecular flexibility index (Phi) is 4.22. The molecule has 3 rings (SSSR count). The lowest BCUT2D eigenvalue weighted by Crippen LogP contribution is -2.15. The molecule has 0 spiro atoms. The van der Waals surface area contributed by atoms with Gasteiger partial charge in [-0.25, -0.2) is 0 Å². The van der Waals surface area contributed by atoms with Crippen molar-refractivity contribution >= 4 is 11.6 Å². The van der Waals surface area contributed by atoms with E-state index < -0.39 is 0 Å². The van der Waals surface area contributed by atoms with Crippen molar-refractivity contribution in [3.8, 4) is 5.75 Å². The van der Waals surface area contributed by atoms with Gasteiger partial charge in [0.05, 0.1) is 5.02 Å². The minimum Gasteiger partial charge on any atom is -0.484 e. The smallest absolute Gasteiger partial charge is 0.146 e. The molecule has 1 aliphatic carbocycles. The lowest BCUT2D eigenvalue weighted by molar-refractivity contribution is 0.267. The van der Waals surface area contributed by atoms with Gasteiger partial charge in [0.1, 0.15) is 23.9 Å². The normalized spacial score (nSPS) is 14.4. The Balaban J connectivity index is 1.61. The number of hydrogen-bond acceptors (Lipinski definition) is 3. The molecule has 0 saturated heterocycles. The molecule has 4 heteroatoms. The van der Waals surface area contributed by atoms with Crippen molar-refractivity contribution in [1.82, 2.24) is 5.32 Å². The molecule has 0 radical (unpaired) electrons. The van der Waals surface area contributed by atoms with Crippen molar-refractivity contribution in [3.05, 3.63) is 51.9 Å². The van der Waals surface area contributed by atoms with Gasteiger partial charge in [0.2, 0.25) is 0 Å².